The van der Waals surface area contributed by atoms with Gasteiger partial charge in [0.2, 0.25) is 0 Å². The predicted molar refractivity (Wildman–Crippen MR) is 104 cm³/mol. The van der Waals surface area contributed by atoms with Gasteiger partial charge in [0, 0.05) is 41.0 Å². The number of nitrogens with one attached hydrogen (secondary N) is 2. The molecule has 0 aliphatic rings. The molecule has 3 aromatic rings. The molecule has 0 aliphatic heterocycles. The maximum Gasteiger partial charge on any atom is 0.169 e. The summed E-state index contributed by atoms with van der Waals surface area (Å²) < 4.78 is 20.0. The van der Waals surface area contributed by atoms with Crippen molar-refractivity contribution in [2.75, 3.05) is 6.26 Å². The lowest BCUT2D eigenvalue weighted by Gasteiger charge is -2.12. The summed E-state index contributed by atoms with van der Waals surface area (Å²) in [6, 6.07) is 6.24. The number of pyridine rings is 1. The molecule has 126 valence electrons. The fourth-order valence-corrected chi connectivity index (χ4v) is 2.63. The van der Waals surface area contributed by atoms with Crippen LogP contribution in [0.15, 0.2) is 36.7 Å². The second-order valence-corrected chi connectivity index (χ2v) is 5.59. The summed E-state index contributed by atoms with van der Waals surface area (Å²) in [6.07, 6.45) is 4.96. The quantitative estimate of drug-likeness (QED) is 0.309. The third-order valence-electron chi connectivity index (χ3n) is 3.41. The van der Waals surface area contributed by atoms with E-state index in [2.05, 4.69) is 9.97 Å². The number of aromatic nitrogens is 2. The van der Waals surface area contributed by atoms with Gasteiger partial charge in [0.05, 0.1) is 12.3 Å². The molecule has 2 aromatic heterocycles. The summed E-state index contributed by atoms with van der Waals surface area (Å²) in [5.41, 5.74) is 1.42. The van der Waals surface area contributed by atoms with Crippen LogP contribution in [0, 0.1) is 11.2 Å². The van der Waals surface area contributed by atoms with Gasteiger partial charge in [-0.3, -0.25) is 10.4 Å². The van der Waals surface area contributed by atoms with E-state index in [1.54, 1.807) is 30.7 Å². The Labute approximate surface area is 159 Å². The number of thioether (sulfide) groups is 1. The number of rotatable bonds is 4. The molecule has 0 fully saturated rings. The van der Waals surface area contributed by atoms with Crippen molar-refractivity contribution in [3.8, 4) is 11.5 Å². The van der Waals surface area contributed by atoms with Gasteiger partial charge in [0.15, 0.2) is 11.6 Å². The number of aromatic amines is 1. The van der Waals surface area contributed by atoms with E-state index in [9.17, 15) is 9.50 Å². The van der Waals surface area contributed by atoms with E-state index in [-0.39, 0.29) is 36.3 Å². The molecule has 0 atom stereocenters. The molecular formula is C16H15FIN3O2S. The summed E-state index contributed by atoms with van der Waals surface area (Å²) in [6.45, 7) is -0.347. The Bertz CT molecular complexity index is 885. The first-order chi connectivity index (χ1) is 11.1. The second kappa shape index (κ2) is 7.95. The Kier molecular flexibility index (Phi) is 6.19. The molecule has 3 rings (SSSR count). The van der Waals surface area contributed by atoms with Gasteiger partial charge in [-0.15, -0.1) is 35.7 Å². The van der Waals surface area contributed by atoms with E-state index in [0.717, 1.165) is 0 Å². The molecule has 1 aromatic carbocycles. The van der Waals surface area contributed by atoms with Gasteiger partial charge >= 0.3 is 0 Å². The van der Waals surface area contributed by atoms with Crippen LogP contribution in [0.1, 0.15) is 11.3 Å². The van der Waals surface area contributed by atoms with Crippen LogP contribution in [0.3, 0.4) is 0 Å². The zero-order valence-electron chi connectivity index (χ0n) is 12.7. The minimum atomic E-state index is -0.567. The number of nitrogens with zero attached hydrogens (tertiary/aromatic N) is 1. The van der Waals surface area contributed by atoms with Crippen molar-refractivity contribution >= 4 is 51.7 Å². The molecular weight excluding hydrogens is 444 g/mol. The number of benzene rings is 1. The monoisotopic (exact) mass is 459 g/mol. The highest BCUT2D eigenvalue weighted by molar-refractivity contribution is 14.0. The van der Waals surface area contributed by atoms with Crippen molar-refractivity contribution in [2.45, 2.75) is 6.61 Å². The molecule has 0 unspecified atom stereocenters. The van der Waals surface area contributed by atoms with Gasteiger partial charge in [-0.05, 0) is 18.4 Å². The molecule has 8 heteroatoms. The SMILES string of the molecule is CSC(=N)c1cc(Oc2c(F)cc3[nH]ccc3c2CO)ccn1.I. The van der Waals surface area contributed by atoms with E-state index < -0.39 is 5.82 Å². The fourth-order valence-electron chi connectivity index (χ4n) is 2.31. The maximum absolute atomic E-state index is 14.3. The van der Waals surface area contributed by atoms with Crippen LogP contribution < -0.4 is 4.74 Å². The summed E-state index contributed by atoms with van der Waals surface area (Å²) in [4.78, 5) is 7.00. The standard InChI is InChI=1S/C16H14FN3O2S.HI/c1-23-16(18)14-6-9(2-4-20-14)22-15-11(8-21)10-3-5-19-13(10)7-12(15)17;/h2-7,18-19,21H,8H2,1H3;1H. The normalized spacial score (nSPS) is 10.5. The average molecular weight is 459 g/mol. The number of aliphatic hydroxyl groups is 1. The first kappa shape index (κ1) is 18.7. The van der Waals surface area contributed by atoms with Crippen molar-refractivity contribution in [1.29, 1.82) is 5.41 Å². The lowest BCUT2D eigenvalue weighted by molar-refractivity contribution is 0.276. The van der Waals surface area contributed by atoms with Crippen molar-refractivity contribution in [3.05, 3.63) is 53.7 Å². The average Bonchev–Trinajstić information content (AvgIpc) is 3.02. The van der Waals surface area contributed by atoms with Crippen molar-refractivity contribution < 1.29 is 14.2 Å². The number of halogens is 2. The van der Waals surface area contributed by atoms with Crippen LogP contribution in [0.5, 0.6) is 11.5 Å². The molecule has 0 radical (unpaired) electrons. The summed E-state index contributed by atoms with van der Waals surface area (Å²) in [5.74, 6) is -0.230. The molecule has 3 N–H and O–H groups in total. The molecule has 5 nitrogen and oxygen atoms in total. The summed E-state index contributed by atoms with van der Waals surface area (Å²) in [5, 5.41) is 18.4. The third-order valence-corrected chi connectivity index (χ3v) is 4.03. The van der Waals surface area contributed by atoms with Gasteiger partial charge in [0.1, 0.15) is 10.8 Å². The molecule has 0 spiro atoms. The molecule has 0 saturated carbocycles. The molecule has 0 aliphatic carbocycles. The van der Waals surface area contributed by atoms with Gasteiger partial charge in [-0.1, -0.05) is 0 Å². The minimum absolute atomic E-state index is 0. The van der Waals surface area contributed by atoms with E-state index in [1.807, 2.05) is 0 Å². The fraction of sp³-hybridized carbons (Fsp3) is 0.125. The Morgan fingerprint density at radius 1 is 1.42 bits per heavy atom. The zero-order valence-corrected chi connectivity index (χ0v) is 15.8. The lowest BCUT2D eigenvalue weighted by atomic mass is 10.1. The van der Waals surface area contributed by atoms with Crippen LogP contribution in [-0.4, -0.2) is 26.4 Å². The zero-order chi connectivity index (χ0) is 16.4. The van der Waals surface area contributed by atoms with Crippen molar-refractivity contribution in [2.24, 2.45) is 0 Å². The third kappa shape index (κ3) is 3.55. The largest absolute Gasteiger partial charge is 0.454 e. The van der Waals surface area contributed by atoms with Crippen molar-refractivity contribution in [3.63, 3.8) is 0 Å². The number of hydrogen-bond donors (Lipinski definition) is 3. The van der Waals surface area contributed by atoms with E-state index in [4.69, 9.17) is 10.1 Å². The van der Waals surface area contributed by atoms with Crippen LogP contribution in [-0.2, 0) is 6.61 Å². The molecule has 24 heavy (non-hydrogen) atoms. The van der Waals surface area contributed by atoms with Crippen LogP contribution >= 0.6 is 35.7 Å². The first-order valence-corrected chi connectivity index (χ1v) is 8.02. The second-order valence-electron chi connectivity index (χ2n) is 4.78. The van der Waals surface area contributed by atoms with Gasteiger partial charge < -0.3 is 14.8 Å². The molecule has 0 saturated heterocycles. The van der Waals surface area contributed by atoms with Crippen LogP contribution in [0.25, 0.3) is 10.9 Å². The Hall–Kier alpha value is -1.65. The minimum Gasteiger partial charge on any atom is -0.454 e. The number of H-pyrrole nitrogens is 1. The number of fused-ring (bicyclic) bond motifs is 1. The molecule has 0 amide bonds. The Morgan fingerprint density at radius 3 is 2.92 bits per heavy atom. The van der Waals surface area contributed by atoms with Gasteiger partial charge in [-0.25, -0.2) is 4.39 Å². The first-order valence-electron chi connectivity index (χ1n) is 6.80. The summed E-state index contributed by atoms with van der Waals surface area (Å²) in [7, 11) is 0. The Morgan fingerprint density at radius 2 is 2.21 bits per heavy atom. The topological polar surface area (TPSA) is 82.0 Å². The highest BCUT2D eigenvalue weighted by atomic mass is 127. The number of ether oxygens (including phenoxy) is 1. The summed E-state index contributed by atoms with van der Waals surface area (Å²) >= 11 is 1.25. The smallest absolute Gasteiger partial charge is 0.169 e. The highest BCUT2D eigenvalue weighted by Gasteiger charge is 2.16. The number of aliphatic hydroxyl groups excluding tert-OH is 1. The van der Waals surface area contributed by atoms with E-state index in [0.29, 0.717) is 33.0 Å². The predicted octanol–water partition coefficient (Wildman–Crippen LogP) is 4.29. The maximum atomic E-state index is 14.3. The van der Waals surface area contributed by atoms with E-state index >= 15 is 0 Å². The molecule has 0 bridgehead atoms. The van der Waals surface area contributed by atoms with E-state index in [1.165, 1.54) is 24.0 Å². The van der Waals surface area contributed by atoms with Crippen molar-refractivity contribution in [1.82, 2.24) is 9.97 Å². The Balaban J connectivity index is 0.00000208. The van der Waals surface area contributed by atoms with Gasteiger partial charge in [-0.2, -0.15) is 0 Å². The molecule has 2 heterocycles. The lowest BCUT2D eigenvalue weighted by Crippen LogP contribution is -1.99. The highest BCUT2D eigenvalue weighted by Crippen LogP contribution is 2.34. The number of hydrogen-bond acceptors (Lipinski definition) is 5. The van der Waals surface area contributed by atoms with Crippen LogP contribution in [0.2, 0.25) is 0 Å². The van der Waals surface area contributed by atoms with Gasteiger partial charge in [0.25, 0.3) is 0 Å². The van der Waals surface area contributed by atoms with Crippen LogP contribution in [0.4, 0.5) is 4.39 Å².